The molecule has 16 heavy (non-hydrogen) atoms. The summed E-state index contributed by atoms with van der Waals surface area (Å²) in [6.07, 6.45) is 2.92. The lowest BCUT2D eigenvalue weighted by atomic mass is 9.90. The first kappa shape index (κ1) is 12.2. The molecular formula is C12H21NO2S. The highest BCUT2D eigenvalue weighted by atomic mass is 32.2. The van der Waals surface area contributed by atoms with Gasteiger partial charge in [0.05, 0.1) is 5.92 Å². The lowest BCUT2D eigenvalue weighted by molar-refractivity contribution is -0.144. The Morgan fingerprint density at radius 3 is 2.62 bits per heavy atom. The van der Waals surface area contributed by atoms with Crippen LogP contribution < -0.4 is 0 Å². The van der Waals surface area contributed by atoms with Crippen LogP contribution in [0, 0.1) is 5.92 Å². The molecule has 0 spiro atoms. The highest BCUT2D eigenvalue weighted by Gasteiger charge is 2.35. The number of carbonyl (C=O) groups is 1. The maximum absolute atomic E-state index is 11.0. The average molecular weight is 243 g/mol. The fourth-order valence-corrected chi connectivity index (χ4v) is 4.22. The van der Waals surface area contributed by atoms with E-state index in [-0.39, 0.29) is 5.92 Å². The van der Waals surface area contributed by atoms with Crippen molar-refractivity contribution in [2.75, 3.05) is 12.3 Å². The van der Waals surface area contributed by atoms with Crippen molar-refractivity contribution in [3.05, 3.63) is 0 Å². The van der Waals surface area contributed by atoms with Crippen LogP contribution in [0.3, 0.4) is 0 Å². The third-order valence-corrected chi connectivity index (χ3v) is 5.26. The molecule has 4 unspecified atom stereocenters. The van der Waals surface area contributed by atoms with Crippen LogP contribution in [0.1, 0.15) is 33.1 Å². The SMILES string of the molecule is CC1CC(N2CCC(C(=O)O)CC2C)CS1. The molecule has 2 aliphatic rings. The third-order valence-electron chi connectivity index (χ3n) is 3.92. The van der Waals surface area contributed by atoms with E-state index in [9.17, 15) is 4.79 Å². The first-order valence-corrected chi connectivity index (χ1v) is 7.23. The van der Waals surface area contributed by atoms with E-state index < -0.39 is 5.97 Å². The number of carboxylic acid groups (broad SMARTS) is 1. The molecule has 4 heteroatoms. The third kappa shape index (κ3) is 2.54. The van der Waals surface area contributed by atoms with Crippen LogP contribution in [0.15, 0.2) is 0 Å². The van der Waals surface area contributed by atoms with Gasteiger partial charge < -0.3 is 5.11 Å². The van der Waals surface area contributed by atoms with Crippen LogP contribution in [0.25, 0.3) is 0 Å². The second-order valence-corrected chi connectivity index (χ2v) is 6.65. The van der Waals surface area contributed by atoms with Gasteiger partial charge in [0.15, 0.2) is 0 Å². The number of piperidine rings is 1. The highest BCUT2D eigenvalue weighted by molar-refractivity contribution is 8.00. The standard InChI is InChI=1S/C12H21NO2S/c1-8-5-10(12(14)15)3-4-13(8)11-6-9(2)16-7-11/h8-11H,3-7H2,1-2H3,(H,14,15). The summed E-state index contributed by atoms with van der Waals surface area (Å²) in [6, 6.07) is 1.12. The zero-order chi connectivity index (χ0) is 11.7. The second kappa shape index (κ2) is 4.96. The molecule has 2 aliphatic heterocycles. The maximum atomic E-state index is 11.0. The van der Waals surface area contributed by atoms with Gasteiger partial charge in [-0.2, -0.15) is 11.8 Å². The largest absolute Gasteiger partial charge is 0.481 e. The van der Waals surface area contributed by atoms with Crippen molar-refractivity contribution in [2.24, 2.45) is 5.92 Å². The van der Waals surface area contributed by atoms with Crippen molar-refractivity contribution in [1.29, 1.82) is 0 Å². The number of hydrogen-bond acceptors (Lipinski definition) is 3. The van der Waals surface area contributed by atoms with Gasteiger partial charge in [-0.1, -0.05) is 6.92 Å². The molecule has 0 bridgehead atoms. The van der Waals surface area contributed by atoms with Gasteiger partial charge in [-0.3, -0.25) is 9.69 Å². The van der Waals surface area contributed by atoms with Gasteiger partial charge in [-0.15, -0.1) is 0 Å². The van der Waals surface area contributed by atoms with E-state index in [4.69, 9.17) is 5.11 Å². The molecule has 4 atom stereocenters. The molecular weight excluding hydrogens is 222 g/mol. The van der Waals surface area contributed by atoms with Crippen LogP contribution in [0.5, 0.6) is 0 Å². The van der Waals surface area contributed by atoms with Gasteiger partial charge >= 0.3 is 5.97 Å². The van der Waals surface area contributed by atoms with Crippen LogP contribution in [-0.2, 0) is 4.79 Å². The highest BCUT2D eigenvalue weighted by Crippen LogP contribution is 2.34. The number of nitrogens with zero attached hydrogens (tertiary/aromatic N) is 1. The number of likely N-dealkylation sites (tertiary alicyclic amines) is 1. The van der Waals surface area contributed by atoms with Crippen molar-refractivity contribution >= 4 is 17.7 Å². The Morgan fingerprint density at radius 2 is 2.12 bits per heavy atom. The molecule has 3 nitrogen and oxygen atoms in total. The summed E-state index contributed by atoms with van der Waals surface area (Å²) in [5.74, 6) is 0.502. The summed E-state index contributed by atoms with van der Waals surface area (Å²) >= 11 is 2.05. The molecule has 0 amide bonds. The molecule has 2 saturated heterocycles. The van der Waals surface area contributed by atoms with Crippen molar-refractivity contribution in [1.82, 2.24) is 4.90 Å². The Hall–Kier alpha value is -0.220. The molecule has 0 aromatic heterocycles. The van der Waals surface area contributed by atoms with E-state index in [1.54, 1.807) is 0 Å². The summed E-state index contributed by atoms with van der Waals surface area (Å²) in [5.41, 5.74) is 0. The normalized spacial score (nSPS) is 41.1. The molecule has 2 heterocycles. The van der Waals surface area contributed by atoms with E-state index in [0.29, 0.717) is 12.1 Å². The molecule has 2 rings (SSSR count). The van der Waals surface area contributed by atoms with Crippen molar-refractivity contribution in [3.63, 3.8) is 0 Å². The predicted molar refractivity (Wildman–Crippen MR) is 66.9 cm³/mol. The number of hydrogen-bond donors (Lipinski definition) is 1. The first-order chi connectivity index (χ1) is 7.58. The van der Waals surface area contributed by atoms with E-state index in [1.807, 2.05) is 0 Å². The minimum atomic E-state index is -0.610. The maximum Gasteiger partial charge on any atom is 0.306 e. The summed E-state index contributed by atoms with van der Waals surface area (Å²) in [5, 5.41) is 9.80. The molecule has 0 radical (unpaired) electrons. The van der Waals surface area contributed by atoms with Gasteiger partial charge in [0.25, 0.3) is 0 Å². The minimum Gasteiger partial charge on any atom is -0.481 e. The van der Waals surface area contributed by atoms with E-state index in [2.05, 4.69) is 30.5 Å². The second-order valence-electron chi connectivity index (χ2n) is 5.18. The Bertz CT molecular complexity index is 272. The smallest absolute Gasteiger partial charge is 0.306 e. The summed E-state index contributed by atoms with van der Waals surface area (Å²) in [7, 11) is 0. The molecule has 0 aliphatic carbocycles. The zero-order valence-corrected chi connectivity index (χ0v) is 10.9. The van der Waals surface area contributed by atoms with Gasteiger partial charge in [0, 0.05) is 23.1 Å². The summed E-state index contributed by atoms with van der Waals surface area (Å²) in [6.45, 7) is 5.44. The summed E-state index contributed by atoms with van der Waals surface area (Å²) in [4.78, 5) is 13.5. The van der Waals surface area contributed by atoms with Crippen LogP contribution in [0.4, 0.5) is 0 Å². The van der Waals surface area contributed by atoms with E-state index >= 15 is 0 Å². The van der Waals surface area contributed by atoms with Gasteiger partial charge in [-0.05, 0) is 32.7 Å². The predicted octanol–water partition coefficient (Wildman–Crippen LogP) is 2.07. The molecule has 1 N–H and O–H groups in total. The van der Waals surface area contributed by atoms with Crippen molar-refractivity contribution < 1.29 is 9.90 Å². The van der Waals surface area contributed by atoms with Gasteiger partial charge in [-0.25, -0.2) is 0 Å². The molecule has 0 aromatic rings. The molecule has 2 fully saturated rings. The zero-order valence-electron chi connectivity index (χ0n) is 10.1. The molecule has 0 saturated carbocycles. The topological polar surface area (TPSA) is 40.5 Å². The Kier molecular flexibility index (Phi) is 3.80. The fourth-order valence-electron chi connectivity index (χ4n) is 2.98. The number of carboxylic acids is 1. The van der Waals surface area contributed by atoms with E-state index in [1.165, 1.54) is 12.2 Å². The first-order valence-electron chi connectivity index (χ1n) is 6.18. The van der Waals surface area contributed by atoms with Gasteiger partial charge in [0.2, 0.25) is 0 Å². The van der Waals surface area contributed by atoms with Crippen molar-refractivity contribution in [3.8, 4) is 0 Å². The number of rotatable bonds is 2. The fraction of sp³-hybridized carbons (Fsp3) is 0.917. The molecule has 92 valence electrons. The van der Waals surface area contributed by atoms with Gasteiger partial charge in [0.1, 0.15) is 0 Å². The monoisotopic (exact) mass is 243 g/mol. The lowest BCUT2D eigenvalue weighted by Crippen LogP contribution is -2.48. The minimum absolute atomic E-state index is 0.113. The Balaban J connectivity index is 1.91. The number of aliphatic carboxylic acids is 1. The van der Waals surface area contributed by atoms with Crippen LogP contribution in [0.2, 0.25) is 0 Å². The van der Waals surface area contributed by atoms with Crippen LogP contribution >= 0.6 is 11.8 Å². The Morgan fingerprint density at radius 1 is 1.38 bits per heavy atom. The number of thioether (sulfide) groups is 1. The quantitative estimate of drug-likeness (QED) is 0.806. The van der Waals surface area contributed by atoms with Crippen LogP contribution in [-0.4, -0.2) is 45.6 Å². The Labute approximate surface area is 102 Å². The van der Waals surface area contributed by atoms with Crippen molar-refractivity contribution in [2.45, 2.75) is 50.4 Å². The average Bonchev–Trinajstić information content (AvgIpc) is 2.64. The summed E-state index contributed by atoms with van der Waals surface area (Å²) < 4.78 is 0. The lowest BCUT2D eigenvalue weighted by Gasteiger charge is -2.40. The molecule has 0 aromatic carbocycles. The van der Waals surface area contributed by atoms with E-state index in [0.717, 1.165) is 24.6 Å².